The van der Waals surface area contributed by atoms with Crippen LogP contribution in [-0.4, -0.2) is 10.5 Å². The second kappa shape index (κ2) is 3.40. The lowest BCUT2D eigenvalue weighted by atomic mass is 9.98. The van der Waals surface area contributed by atoms with Crippen molar-refractivity contribution in [2.75, 3.05) is 11.1 Å². The van der Waals surface area contributed by atoms with Crippen molar-refractivity contribution in [3.8, 4) is 0 Å². The molecule has 0 bridgehead atoms. The third-order valence-electron chi connectivity index (χ3n) is 3.25. The summed E-state index contributed by atoms with van der Waals surface area (Å²) < 4.78 is 0. The van der Waals surface area contributed by atoms with Crippen molar-refractivity contribution < 1.29 is 0 Å². The Balaban J connectivity index is 2.20. The van der Waals surface area contributed by atoms with Crippen LogP contribution >= 0.6 is 0 Å². The number of aromatic nitrogens is 1. The Bertz CT molecular complexity index is 367. The van der Waals surface area contributed by atoms with Crippen molar-refractivity contribution >= 4 is 11.5 Å². The highest BCUT2D eigenvalue weighted by molar-refractivity contribution is 5.65. The van der Waals surface area contributed by atoms with E-state index in [1.807, 2.05) is 13.0 Å². The SMILES string of the molecule is Cc1ccnc(NC(C)(C)C2CC2)c1N. The molecular formula is C12H19N3. The first-order chi connectivity index (χ1) is 7.00. The molecule has 0 amide bonds. The van der Waals surface area contributed by atoms with Crippen molar-refractivity contribution in [2.45, 2.75) is 39.2 Å². The van der Waals surface area contributed by atoms with Crippen molar-refractivity contribution in [3.63, 3.8) is 0 Å². The van der Waals surface area contributed by atoms with Gasteiger partial charge in [-0.1, -0.05) is 0 Å². The molecule has 0 unspecified atom stereocenters. The van der Waals surface area contributed by atoms with Crippen LogP contribution < -0.4 is 11.1 Å². The van der Waals surface area contributed by atoms with Crippen LogP contribution in [0, 0.1) is 12.8 Å². The van der Waals surface area contributed by atoms with E-state index >= 15 is 0 Å². The summed E-state index contributed by atoms with van der Waals surface area (Å²) in [5, 5.41) is 3.45. The van der Waals surface area contributed by atoms with E-state index in [0.29, 0.717) is 0 Å². The molecule has 1 fully saturated rings. The molecule has 0 saturated heterocycles. The van der Waals surface area contributed by atoms with Gasteiger partial charge in [-0.15, -0.1) is 0 Å². The third-order valence-corrected chi connectivity index (χ3v) is 3.25. The molecule has 3 N–H and O–H groups in total. The molecule has 1 saturated carbocycles. The second-order valence-electron chi connectivity index (χ2n) is 5.01. The quantitative estimate of drug-likeness (QED) is 0.797. The fraction of sp³-hybridized carbons (Fsp3) is 0.583. The Labute approximate surface area is 91.1 Å². The average Bonchev–Trinajstić information content (AvgIpc) is 2.95. The minimum Gasteiger partial charge on any atom is -0.396 e. The van der Waals surface area contributed by atoms with Crippen LogP contribution in [0.2, 0.25) is 0 Å². The number of hydrogen-bond acceptors (Lipinski definition) is 3. The Kier molecular flexibility index (Phi) is 2.33. The van der Waals surface area contributed by atoms with Crippen LogP contribution in [0.3, 0.4) is 0 Å². The molecule has 0 atom stereocenters. The molecule has 3 nitrogen and oxygen atoms in total. The Morgan fingerprint density at radius 2 is 2.13 bits per heavy atom. The van der Waals surface area contributed by atoms with Crippen LogP contribution in [0.1, 0.15) is 32.3 Å². The number of aryl methyl sites for hydroxylation is 1. The predicted molar refractivity (Wildman–Crippen MR) is 63.8 cm³/mol. The summed E-state index contributed by atoms with van der Waals surface area (Å²) >= 11 is 0. The molecule has 1 aliphatic carbocycles. The lowest BCUT2D eigenvalue weighted by molar-refractivity contribution is 0.493. The minimum absolute atomic E-state index is 0.106. The highest BCUT2D eigenvalue weighted by Crippen LogP contribution is 2.41. The van der Waals surface area contributed by atoms with Gasteiger partial charge in [0.2, 0.25) is 0 Å². The summed E-state index contributed by atoms with van der Waals surface area (Å²) in [4.78, 5) is 4.30. The number of hydrogen-bond donors (Lipinski definition) is 2. The first kappa shape index (κ1) is 10.3. The molecular weight excluding hydrogens is 186 g/mol. The normalized spacial score (nSPS) is 16.5. The standard InChI is InChI=1S/C12H19N3/c1-8-6-7-14-11(10(8)13)15-12(2,3)9-4-5-9/h6-7,9H,4-5,13H2,1-3H3,(H,14,15). The first-order valence-electron chi connectivity index (χ1n) is 5.50. The molecule has 1 aliphatic rings. The van der Waals surface area contributed by atoms with E-state index in [-0.39, 0.29) is 5.54 Å². The van der Waals surface area contributed by atoms with E-state index in [1.54, 1.807) is 6.20 Å². The van der Waals surface area contributed by atoms with E-state index in [4.69, 9.17) is 5.73 Å². The van der Waals surface area contributed by atoms with Crippen molar-refractivity contribution in [2.24, 2.45) is 5.92 Å². The van der Waals surface area contributed by atoms with Crippen LogP contribution in [0.15, 0.2) is 12.3 Å². The topological polar surface area (TPSA) is 50.9 Å². The number of rotatable bonds is 3. The zero-order valence-electron chi connectivity index (χ0n) is 9.67. The summed E-state index contributed by atoms with van der Waals surface area (Å²) in [5.41, 5.74) is 7.94. The number of nitrogen functional groups attached to an aromatic ring is 1. The number of pyridine rings is 1. The van der Waals surface area contributed by atoms with E-state index in [2.05, 4.69) is 24.1 Å². The molecule has 2 rings (SSSR count). The van der Waals surface area contributed by atoms with E-state index in [9.17, 15) is 0 Å². The first-order valence-corrected chi connectivity index (χ1v) is 5.50. The minimum atomic E-state index is 0.106. The molecule has 0 spiro atoms. The highest BCUT2D eigenvalue weighted by Gasteiger charge is 2.38. The third kappa shape index (κ3) is 2.06. The van der Waals surface area contributed by atoms with Crippen LogP contribution in [0.4, 0.5) is 11.5 Å². The molecule has 82 valence electrons. The highest BCUT2D eigenvalue weighted by atomic mass is 15.1. The van der Waals surface area contributed by atoms with Crippen molar-refractivity contribution in [1.82, 2.24) is 4.98 Å². The van der Waals surface area contributed by atoms with Gasteiger partial charge < -0.3 is 11.1 Å². The molecule has 1 heterocycles. The number of nitrogens with zero attached hydrogens (tertiary/aromatic N) is 1. The monoisotopic (exact) mass is 205 g/mol. The molecule has 1 aromatic heterocycles. The fourth-order valence-corrected chi connectivity index (χ4v) is 1.88. The van der Waals surface area contributed by atoms with Gasteiger partial charge in [-0.2, -0.15) is 0 Å². The maximum absolute atomic E-state index is 5.99. The van der Waals surface area contributed by atoms with Gasteiger partial charge in [0.1, 0.15) is 5.82 Å². The van der Waals surface area contributed by atoms with Gasteiger partial charge in [0.05, 0.1) is 5.69 Å². The van der Waals surface area contributed by atoms with Crippen molar-refractivity contribution in [1.29, 1.82) is 0 Å². The zero-order valence-corrected chi connectivity index (χ0v) is 9.67. The molecule has 3 heteroatoms. The zero-order chi connectivity index (χ0) is 11.1. The molecule has 0 aliphatic heterocycles. The van der Waals surface area contributed by atoms with Gasteiger partial charge in [-0.05, 0) is 51.2 Å². The van der Waals surface area contributed by atoms with Gasteiger partial charge in [-0.3, -0.25) is 0 Å². The van der Waals surface area contributed by atoms with Gasteiger partial charge >= 0.3 is 0 Å². The van der Waals surface area contributed by atoms with Gasteiger partial charge in [-0.25, -0.2) is 4.98 Å². The Morgan fingerprint density at radius 3 is 2.73 bits per heavy atom. The van der Waals surface area contributed by atoms with Crippen LogP contribution in [-0.2, 0) is 0 Å². The maximum atomic E-state index is 5.99. The summed E-state index contributed by atoms with van der Waals surface area (Å²) in [6.45, 7) is 6.44. The molecule has 0 aromatic carbocycles. The molecule has 0 radical (unpaired) electrons. The van der Waals surface area contributed by atoms with Crippen LogP contribution in [0.5, 0.6) is 0 Å². The molecule has 1 aromatic rings. The lowest BCUT2D eigenvalue weighted by Gasteiger charge is -2.27. The summed E-state index contributed by atoms with van der Waals surface area (Å²) in [5.74, 6) is 1.59. The lowest BCUT2D eigenvalue weighted by Crippen LogP contribution is -2.34. The van der Waals surface area contributed by atoms with Gasteiger partial charge in [0.15, 0.2) is 0 Å². The summed E-state index contributed by atoms with van der Waals surface area (Å²) in [6.07, 6.45) is 4.43. The van der Waals surface area contributed by atoms with E-state index < -0.39 is 0 Å². The van der Waals surface area contributed by atoms with Crippen LogP contribution in [0.25, 0.3) is 0 Å². The number of nitrogens with one attached hydrogen (secondary N) is 1. The summed E-state index contributed by atoms with van der Waals surface area (Å²) in [6, 6.07) is 1.94. The van der Waals surface area contributed by atoms with E-state index in [0.717, 1.165) is 23.0 Å². The van der Waals surface area contributed by atoms with Gasteiger partial charge in [0.25, 0.3) is 0 Å². The van der Waals surface area contributed by atoms with E-state index in [1.165, 1.54) is 12.8 Å². The fourth-order valence-electron chi connectivity index (χ4n) is 1.88. The average molecular weight is 205 g/mol. The van der Waals surface area contributed by atoms with Crippen molar-refractivity contribution in [3.05, 3.63) is 17.8 Å². The second-order valence-corrected chi connectivity index (χ2v) is 5.01. The van der Waals surface area contributed by atoms with Gasteiger partial charge in [0, 0.05) is 11.7 Å². The largest absolute Gasteiger partial charge is 0.396 e. The Hall–Kier alpha value is -1.25. The molecule has 15 heavy (non-hydrogen) atoms. The smallest absolute Gasteiger partial charge is 0.149 e. The predicted octanol–water partition coefficient (Wildman–Crippen LogP) is 2.57. The number of anilines is 2. The maximum Gasteiger partial charge on any atom is 0.149 e. The summed E-state index contributed by atoms with van der Waals surface area (Å²) in [7, 11) is 0. The number of nitrogens with two attached hydrogens (primary N) is 1. The Morgan fingerprint density at radius 1 is 1.47 bits per heavy atom.